The minimum atomic E-state index is -1.19. The Balaban J connectivity index is 1.27. The van der Waals surface area contributed by atoms with E-state index in [1.54, 1.807) is 29.6 Å². The van der Waals surface area contributed by atoms with Crippen LogP contribution in [0.2, 0.25) is 0 Å². The minimum absolute atomic E-state index is 0.184. The molecule has 1 aliphatic heterocycles. The predicted molar refractivity (Wildman–Crippen MR) is 116 cm³/mol. The van der Waals surface area contributed by atoms with Crippen LogP contribution in [0, 0.1) is 0 Å². The zero-order chi connectivity index (χ0) is 22.6. The van der Waals surface area contributed by atoms with Crippen molar-refractivity contribution in [3.05, 3.63) is 42.5 Å². The Kier molecular flexibility index (Phi) is 6.61. The summed E-state index contributed by atoms with van der Waals surface area (Å²) >= 11 is 0. The minimum Gasteiger partial charge on any atom is -0.465 e. The van der Waals surface area contributed by atoms with Gasteiger partial charge in [-0.3, -0.25) is 9.78 Å². The molecule has 1 unspecified atom stereocenters. The molecule has 1 saturated heterocycles. The Hall–Kier alpha value is -3.11. The van der Waals surface area contributed by atoms with E-state index in [1.165, 1.54) is 0 Å². The molecule has 3 heterocycles. The van der Waals surface area contributed by atoms with Crippen molar-refractivity contribution in [1.29, 1.82) is 0 Å². The average Bonchev–Trinajstić information content (AvgIpc) is 3.28. The third-order valence-corrected chi connectivity index (χ3v) is 6.28. The maximum atomic E-state index is 12.1. The fourth-order valence-corrected chi connectivity index (χ4v) is 4.49. The molecule has 4 N–H and O–H groups in total. The van der Waals surface area contributed by atoms with Gasteiger partial charge >= 0.3 is 6.09 Å². The molecule has 2 aromatic heterocycles. The lowest BCUT2D eigenvalue weighted by Crippen LogP contribution is -2.46. The number of aliphatic hydroxyl groups is 1. The molecule has 0 aromatic carbocycles. The average molecular weight is 441 g/mol. The van der Waals surface area contributed by atoms with E-state index >= 15 is 0 Å². The molecular weight excluding hydrogens is 412 g/mol. The first-order valence-electron chi connectivity index (χ1n) is 10.9. The molecule has 4 rings (SSSR count). The molecule has 32 heavy (non-hydrogen) atoms. The lowest BCUT2D eigenvalue weighted by atomic mass is 9.79. The van der Waals surface area contributed by atoms with Crippen molar-refractivity contribution in [2.75, 3.05) is 19.6 Å². The van der Waals surface area contributed by atoms with Gasteiger partial charge in [-0.15, -0.1) is 0 Å². The molecule has 10 nitrogen and oxygen atoms in total. The standard InChI is InChI=1S/C22H28N6O4/c29-19(13-26-21(30)31)28-11-6-17(14-28)27-16-4-7-22(32,8-5-16)18-3-2-15(12-25-18)20-23-9-1-10-24-20/h1-3,9-10,12,16-17,26-27,32H,4-8,11,13-14H2,(H,30,31). The number of hydrogen-bond acceptors (Lipinski definition) is 7. The maximum Gasteiger partial charge on any atom is 0.405 e. The molecule has 2 aromatic rings. The summed E-state index contributed by atoms with van der Waals surface area (Å²) in [5.41, 5.74) is 0.528. The van der Waals surface area contributed by atoms with Crippen molar-refractivity contribution in [1.82, 2.24) is 30.5 Å². The van der Waals surface area contributed by atoms with Crippen LogP contribution in [0.3, 0.4) is 0 Å². The second-order valence-corrected chi connectivity index (χ2v) is 8.46. The number of carboxylic acid groups (broad SMARTS) is 1. The number of nitrogens with one attached hydrogen (secondary N) is 2. The van der Waals surface area contributed by atoms with Crippen molar-refractivity contribution >= 4 is 12.0 Å². The zero-order valence-corrected chi connectivity index (χ0v) is 17.8. The number of likely N-dealkylation sites (tertiary alicyclic amines) is 1. The summed E-state index contributed by atoms with van der Waals surface area (Å²) in [6, 6.07) is 5.96. The van der Waals surface area contributed by atoms with Gasteiger partial charge < -0.3 is 25.7 Å². The number of pyridine rings is 1. The molecule has 0 radical (unpaired) electrons. The van der Waals surface area contributed by atoms with Gasteiger partial charge in [-0.1, -0.05) is 0 Å². The number of nitrogens with zero attached hydrogens (tertiary/aromatic N) is 4. The van der Waals surface area contributed by atoms with E-state index in [0.717, 1.165) is 24.8 Å². The van der Waals surface area contributed by atoms with Crippen LogP contribution in [-0.2, 0) is 10.4 Å². The molecule has 1 saturated carbocycles. The highest BCUT2D eigenvalue weighted by atomic mass is 16.4. The quantitative estimate of drug-likeness (QED) is 0.524. The molecule has 2 fully saturated rings. The van der Waals surface area contributed by atoms with Crippen molar-refractivity contribution in [3.63, 3.8) is 0 Å². The molecule has 0 bridgehead atoms. The first-order chi connectivity index (χ1) is 15.4. The van der Waals surface area contributed by atoms with E-state index in [1.807, 2.05) is 12.1 Å². The van der Waals surface area contributed by atoms with Gasteiger partial charge in [0.25, 0.3) is 0 Å². The second kappa shape index (κ2) is 9.58. The number of carbonyl (C=O) groups excluding carboxylic acids is 1. The van der Waals surface area contributed by atoms with Crippen molar-refractivity contribution in [2.24, 2.45) is 0 Å². The normalized spacial score (nSPS) is 25.5. The van der Waals surface area contributed by atoms with Gasteiger partial charge in [-0.2, -0.15) is 0 Å². The van der Waals surface area contributed by atoms with Gasteiger partial charge in [0.05, 0.1) is 5.69 Å². The topological polar surface area (TPSA) is 141 Å². The predicted octanol–water partition coefficient (Wildman–Crippen LogP) is 1.13. The highest BCUT2D eigenvalue weighted by Crippen LogP contribution is 2.36. The smallest absolute Gasteiger partial charge is 0.405 e. The highest BCUT2D eigenvalue weighted by Gasteiger charge is 2.37. The summed E-state index contributed by atoms with van der Waals surface area (Å²) in [6.07, 6.45) is 7.56. The van der Waals surface area contributed by atoms with Crippen LogP contribution in [0.4, 0.5) is 4.79 Å². The van der Waals surface area contributed by atoms with Crippen LogP contribution in [0.5, 0.6) is 0 Å². The van der Waals surface area contributed by atoms with Crippen molar-refractivity contribution in [2.45, 2.75) is 49.8 Å². The summed E-state index contributed by atoms with van der Waals surface area (Å²) in [6.45, 7) is 1.00. The third-order valence-electron chi connectivity index (χ3n) is 6.28. The molecule has 10 heteroatoms. The summed E-state index contributed by atoms with van der Waals surface area (Å²) in [5, 5.41) is 25.5. The molecule has 2 amide bonds. The van der Waals surface area contributed by atoms with Crippen LogP contribution >= 0.6 is 0 Å². The van der Waals surface area contributed by atoms with Crippen LogP contribution in [0.1, 0.15) is 37.8 Å². The van der Waals surface area contributed by atoms with Crippen molar-refractivity contribution < 1.29 is 19.8 Å². The number of aromatic nitrogens is 3. The van der Waals surface area contributed by atoms with Crippen LogP contribution in [0.25, 0.3) is 11.4 Å². The summed E-state index contributed by atoms with van der Waals surface area (Å²) in [4.78, 5) is 37.3. The SMILES string of the molecule is O=C(O)NCC(=O)N1CCC(NC2CCC(O)(c3ccc(-c4ncccn4)cn3)CC2)C1. The van der Waals surface area contributed by atoms with E-state index in [-0.39, 0.29) is 24.5 Å². The summed E-state index contributed by atoms with van der Waals surface area (Å²) in [5.74, 6) is 0.402. The number of hydrogen-bond donors (Lipinski definition) is 4. The first kappa shape index (κ1) is 22.1. The van der Waals surface area contributed by atoms with E-state index < -0.39 is 11.7 Å². The highest BCUT2D eigenvalue weighted by molar-refractivity contribution is 5.82. The Morgan fingerprint density at radius 3 is 2.50 bits per heavy atom. The lowest BCUT2D eigenvalue weighted by molar-refractivity contribution is -0.129. The Labute approximate surface area is 186 Å². The number of rotatable bonds is 6. The zero-order valence-electron chi connectivity index (χ0n) is 17.8. The fraction of sp³-hybridized carbons (Fsp3) is 0.500. The van der Waals surface area contributed by atoms with Gasteiger partial charge in [-0.25, -0.2) is 14.8 Å². The van der Waals surface area contributed by atoms with Crippen LogP contribution < -0.4 is 10.6 Å². The van der Waals surface area contributed by atoms with Crippen molar-refractivity contribution in [3.8, 4) is 11.4 Å². The van der Waals surface area contributed by atoms with E-state index in [0.29, 0.717) is 37.4 Å². The fourth-order valence-electron chi connectivity index (χ4n) is 4.49. The molecule has 1 aliphatic carbocycles. The first-order valence-corrected chi connectivity index (χ1v) is 10.9. The van der Waals surface area contributed by atoms with Gasteiger partial charge in [0.2, 0.25) is 5.91 Å². The lowest BCUT2D eigenvalue weighted by Gasteiger charge is -2.37. The van der Waals surface area contributed by atoms with Gasteiger partial charge in [-0.05, 0) is 50.3 Å². The third kappa shape index (κ3) is 5.20. The van der Waals surface area contributed by atoms with E-state index in [9.17, 15) is 14.7 Å². The summed E-state index contributed by atoms with van der Waals surface area (Å²) < 4.78 is 0. The molecule has 170 valence electrons. The van der Waals surface area contributed by atoms with Gasteiger partial charge in [0.15, 0.2) is 5.82 Å². The Bertz CT molecular complexity index is 931. The monoisotopic (exact) mass is 440 g/mol. The molecule has 0 spiro atoms. The number of carbonyl (C=O) groups is 2. The number of amides is 2. The Morgan fingerprint density at radius 1 is 1.09 bits per heavy atom. The molecule has 2 aliphatic rings. The van der Waals surface area contributed by atoms with Gasteiger partial charge in [0.1, 0.15) is 12.1 Å². The molecule has 1 atom stereocenters. The van der Waals surface area contributed by atoms with E-state index in [2.05, 4.69) is 25.6 Å². The molecular formula is C22H28N6O4. The Morgan fingerprint density at radius 2 is 1.84 bits per heavy atom. The van der Waals surface area contributed by atoms with Crippen LogP contribution in [-0.4, -0.2) is 73.8 Å². The second-order valence-electron chi connectivity index (χ2n) is 8.46. The maximum absolute atomic E-state index is 12.1. The van der Waals surface area contributed by atoms with E-state index in [4.69, 9.17) is 5.11 Å². The van der Waals surface area contributed by atoms with Gasteiger partial charge in [0, 0.05) is 49.3 Å². The largest absolute Gasteiger partial charge is 0.465 e. The summed E-state index contributed by atoms with van der Waals surface area (Å²) in [7, 11) is 0. The van der Waals surface area contributed by atoms with Crippen LogP contribution in [0.15, 0.2) is 36.8 Å².